The molecule has 0 unspecified atom stereocenters. The summed E-state index contributed by atoms with van der Waals surface area (Å²) in [5.74, 6) is 0.855. The van der Waals surface area contributed by atoms with E-state index in [1.165, 1.54) is 13.8 Å². The Balaban J connectivity index is 1.49. The fourth-order valence-corrected chi connectivity index (χ4v) is 3.50. The van der Waals surface area contributed by atoms with E-state index in [2.05, 4.69) is 0 Å². The van der Waals surface area contributed by atoms with Gasteiger partial charge >= 0.3 is 12.0 Å². The minimum Gasteiger partial charge on any atom is -0.497 e. The van der Waals surface area contributed by atoms with Gasteiger partial charge in [0, 0.05) is 26.6 Å². The van der Waals surface area contributed by atoms with Crippen LogP contribution in [0, 0.1) is 0 Å². The topological polar surface area (TPSA) is 88.5 Å². The van der Waals surface area contributed by atoms with Crippen molar-refractivity contribution in [2.45, 2.75) is 38.5 Å². The Hall–Kier alpha value is -3.42. The molecule has 1 fully saturated rings. The molecule has 32 heavy (non-hydrogen) atoms. The van der Waals surface area contributed by atoms with Crippen molar-refractivity contribution >= 4 is 12.0 Å². The quantitative estimate of drug-likeness (QED) is 0.604. The highest BCUT2D eigenvalue weighted by Crippen LogP contribution is 2.24. The summed E-state index contributed by atoms with van der Waals surface area (Å²) in [6.07, 6.45) is 0.696. The normalized spacial score (nSPS) is 16.2. The van der Waals surface area contributed by atoms with Gasteiger partial charge in [-0.2, -0.15) is 0 Å². The van der Waals surface area contributed by atoms with Gasteiger partial charge in [0.25, 0.3) is 0 Å². The smallest absolute Gasteiger partial charge is 0.347 e. The first-order valence-electron chi connectivity index (χ1n) is 10.5. The SMILES string of the molecule is COc1cccc(CN2C[C@H](CCOc3ccc(OC(C)(C)C(=O)O)cc3)N(C)C2=O)c1. The van der Waals surface area contributed by atoms with Gasteiger partial charge in [0.05, 0.1) is 19.8 Å². The van der Waals surface area contributed by atoms with Crippen LogP contribution < -0.4 is 14.2 Å². The highest BCUT2D eigenvalue weighted by molar-refractivity contribution is 5.77. The summed E-state index contributed by atoms with van der Waals surface area (Å²) in [5.41, 5.74) is -0.282. The molecular formula is C24H30N2O6. The van der Waals surface area contributed by atoms with Gasteiger partial charge in [-0.25, -0.2) is 9.59 Å². The summed E-state index contributed by atoms with van der Waals surface area (Å²) in [6.45, 7) is 4.61. The summed E-state index contributed by atoms with van der Waals surface area (Å²) in [7, 11) is 3.44. The van der Waals surface area contributed by atoms with Crippen molar-refractivity contribution in [3.63, 3.8) is 0 Å². The van der Waals surface area contributed by atoms with Gasteiger partial charge in [-0.1, -0.05) is 12.1 Å². The van der Waals surface area contributed by atoms with Crippen LogP contribution in [0.5, 0.6) is 17.2 Å². The van der Waals surface area contributed by atoms with Crippen molar-refractivity contribution in [2.24, 2.45) is 0 Å². The molecular weight excluding hydrogens is 412 g/mol. The molecule has 0 spiro atoms. The maximum Gasteiger partial charge on any atom is 0.347 e. The molecule has 2 aromatic carbocycles. The van der Waals surface area contributed by atoms with Crippen LogP contribution in [-0.2, 0) is 11.3 Å². The summed E-state index contributed by atoms with van der Waals surface area (Å²) in [5, 5.41) is 9.16. The number of benzene rings is 2. The minimum atomic E-state index is -1.31. The molecule has 1 aliphatic rings. The maximum absolute atomic E-state index is 12.6. The molecule has 2 aromatic rings. The zero-order chi connectivity index (χ0) is 23.3. The van der Waals surface area contributed by atoms with Crippen LogP contribution in [0.25, 0.3) is 0 Å². The van der Waals surface area contributed by atoms with E-state index in [0.717, 1.165) is 11.3 Å². The van der Waals surface area contributed by atoms with Gasteiger partial charge in [0.1, 0.15) is 17.2 Å². The van der Waals surface area contributed by atoms with E-state index in [9.17, 15) is 9.59 Å². The fourth-order valence-electron chi connectivity index (χ4n) is 3.50. The van der Waals surface area contributed by atoms with E-state index in [1.807, 2.05) is 36.2 Å². The number of carbonyl (C=O) groups excluding carboxylic acids is 1. The molecule has 0 aromatic heterocycles. The zero-order valence-electron chi connectivity index (χ0n) is 18.9. The average molecular weight is 443 g/mol. The summed E-state index contributed by atoms with van der Waals surface area (Å²) in [4.78, 5) is 27.4. The molecule has 172 valence electrons. The first-order valence-corrected chi connectivity index (χ1v) is 10.5. The van der Waals surface area contributed by atoms with Gasteiger partial charge in [-0.05, 0) is 55.8 Å². The lowest BCUT2D eigenvalue weighted by molar-refractivity contribution is -0.152. The number of carboxylic acids is 1. The third-order valence-electron chi connectivity index (χ3n) is 5.49. The molecule has 0 radical (unpaired) electrons. The van der Waals surface area contributed by atoms with Crippen LogP contribution in [0.4, 0.5) is 4.79 Å². The number of rotatable bonds is 10. The Morgan fingerprint density at radius 1 is 1.12 bits per heavy atom. The lowest BCUT2D eigenvalue weighted by Gasteiger charge is -2.21. The van der Waals surface area contributed by atoms with Crippen LogP contribution in [-0.4, -0.2) is 65.9 Å². The third kappa shape index (κ3) is 5.63. The van der Waals surface area contributed by atoms with Gasteiger partial charge in [0.15, 0.2) is 5.60 Å². The lowest BCUT2D eigenvalue weighted by Crippen LogP contribution is -2.37. The Morgan fingerprint density at radius 3 is 2.47 bits per heavy atom. The predicted molar refractivity (Wildman–Crippen MR) is 119 cm³/mol. The molecule has 1 atom stereocenters. The van der Waals surface area contributed by atoms with Gasteiger partial charge in [-0.3, -0.25) is 0 Å². The molecule has 0 saturated carbocycles. The number of nitrogens with zero attached hydrogens (tertiary/aromatic N) is 2. The molecule has 1 saturated heterocycles. The van der Waals surface area contributed by atoms with Crippen molar-refractivity contribution in [1.82, 2.24) is 9.80 Å². The van der Waals surface area contributed by atoms with Crippen LogP contribution in [0.1, 0.15) is 25.8 Å². The third-order valence-corrected chi connectivity index (χ3v) is 5.49. The monoisotopic (exact) mass is 442 g/mol. The second-order valence-electron chi connectivity index (χ2n) is 8.31. The van der Waals surface area contributed by atoms with Crippen molar-refractivity contribution < 1.29 is 28.9 Å². The van der Waals surface area contributed by atoms with Crippen molar-refractivity contribution in [1.29, 1.82) is 0 Å². The number of methoxy groups -OCH3 is 1. The predicted octanol–water partition coefficient (Wildman–Crippen LogP) is 3.64. The van der Waals surface area contributed by atoms with Crippen LogP contribution in [0.2, 0.25) is 0 Å². The highest BCUT2D eigenvalue weighted by Gasteiger charge is 2.34. The Bertz CT molecular complexity index is 944. The molecule has 1 heterocycles. The Morgan fingerprint density at radius 2 is 1.81 bits per heavy atom. The largest absolute Gasteiger partial charge is 0.497 e. The Kier molecular flexibility index (Phi) is 7.12. The van der Waals surface area contributed by atoms with Crippen molar-refractivity contribution in [3.8, 4) is 17.2 Å². The van der Waals surface area contributed by atoms with E-state index < -0.39 is 11.6 Å². The molecule has 8 nitrogen and oxygen atoms in total. The van der Waals surface area contributed by atoms with E-state index in [0.29, 0.717) is 37.6 Å². The Labute approximate surface area is 188 Å². The lowest BCUT2D eigenvalue weighted by atomic mass is 10.1. The van der Waals surface area contributed by atoms with Crippen molar-refractivity contribution in [3.05, 3.63) is 54.1 Å². The van der Waals surface area contributed by atoms with Gasteiger partial charge in [0.2, 0.25) is 0 Å². The maximum atomic E-state index is 12.6. The second-order valence-corrected chi connectivity index (χ2v) is 8.31. The van der Waals surface area contributed by atoms with Crippen LogP contribution >= 0.6 is 0 Å². The fraction of sp³-hybridized carbons (Fsp3) is 0.417. The van der Waals surface area contributed by atoms with Crippen LogP contribution in [0.15, 0.2) is 48.5 Å². The number of aliphatic carboxylic acids is 1. The number of carbonyl (C=O) groups is 2. The summed E-state index contributed by atoms with van der Waals surface area (Å²) in [6, 6.07) is 14.6. The number of urea groups is 1. The molecule has 8 heteroatoms. The number of hydrogen-bond donors (Lipinski definition) is 1. The van der Waals surface area contributed by atoms with Gasteiger partial charge in [-0.15, -0.1) is 0 Å². The first kappa shape index (κ1) is 23.2. The van der Waals surface area contributed by atoms with E-state index in [4.69, 9.17) is 19.3 Å². The number of ether oxygens (including phenoxy) is 3. The molecule has 1 N–H and O–H groups in total. The molecule has 2 amide bonds. The standard InChI is InChI=1S/C24H30N2O6/c1-24(2,22(27)28)32-20-10-8-19(9-11-20)31-13-12-18-16-26(23(29)25(18)3)15-17-6-5-7-21(14-17)30-4/h5-11,14,18H,12-13,15-16H2,1-4H3,(H,27,28)/t18-/m0/s1. The van der Waals surface area contributed by atoms with E-state index in [1.54, 1.807) is 36.3 Å². The first-order chi connectivity index (χ1) is 15.2. The number of carboxylic acid groups (broad SMARTS) is 1. The van der Waals surface area contributed by atoms with Crippen LogP contribution in [0.3, 0.4) is 0 Å². The summed E-state index contributed by atoms with van der Waals surface area (Å²) < 4.78 is 16.6. The summed E-state index contributed by atoms with van der Waals surface area (Å²) >= 11 is 0. The van der Waals surface area contributed by atoms with E-state index in [-0.39, 0.29) is 12.1 Å². The van der Waals surface area contributed by atoms with Gasteiger partial charge < -0.3 is 29.1 Å². The van der Waals surface area contributed by atoms with Crippen molar-refractivity contribution in [2.75, 3.05) is 27.3 Å². The highest BCUT2D eigenvalue weighted by atomic mass is 16.5. The number of likely N-dealkylation sites (N-methyl/N-ethyl adjacent to an activating group) is 1. The number of amides is 2. The molecule has 3 rings (SSSR count). The molecule has 0 bridgehead atoms. The van der Waals surface area contributed by atoms with E-state index >= 15 is 0 Å². The molecule has 1 aliphatic heterocycles. The second kappa shape index (κ2) is 9.80. The number of hydrogen-bond acceptors (Lipinski definition) is 5. The minimum absolute atomic E-state index is 0.000340. The average Bonchev–Trinajstić information content (AvgIpc) is 3.02. The molecule has 0 aliphatic carbocycles. The zero-order valence-corrected chi connectivity index (χ0v) is 18.9.